The molecule has 6 heteroatoms. The summed E-state index contributed by atoms with van der Waals surface area (Å²) in [4.78, 5) is 12.6. The van der Waals surface area contributed by atoms with Gasteiger partial charge < -0.3 is 11.1 Å². The predicted octanol–water partition coefficient (Wildman–Crippen LogP) is 2.00. The molecule has 17 heavy (non-hydrogen) atoms. The molecule has 2 aromatic rings. The molecule has 2 heterocycles. The van der Waals surface area contributed by atoms with Gasteiger partial charge >= 0.3 is 0 Å². The van der Waals surface area contributed by atoms with Crippen LogP contribution in [0.3, 0.4) is 0 Å². The van der Waals surface area contributed by atoms with E-state index in [1.807, 2.05) is 19.2 Å². The fraction of sp³-hybridized carbons (Fsp3) is 0.364. The van der Waals surface area contributed by atoms with Gasteiger partial charge in [0.25, 0.3) is 0 Å². The molecule has 0 saturated heterocycles. The lowest BCUT2D eigenvalue weighted by Gasteiger charge is -2.09. The van der Waals surface area contributed by atoms with Gasteiger partial charge in [-0.15, -0.1) is 11.3 Å². The first-order valence-corrected chi connectivity index (χ1v) is 6.33. The summed E-state index contributed by atoms with van der Waals surface area (Å²) in [7, 11) is 0. The Labute approximate surface area is 104 Å². The van der Waals surface area contributed by atoms with Crippen LogP contribution in [0, 0.1) is 6.92 Å². The molecule has 0 bridgehead atoms. The molecule has 0 aliphatic carbocycles. The van der Waals surface area contributed by atoms with E-state index >= 15 is 0 Å². The van der Waals surface area contributed by atoms with Gasteiger partial charge in [0.05, 0.1) is 17.2 Å². The van der Waals surface area contributed by atoms with Crippen molar-refractivity contribution in [3.8, 4) is 0 Å². The first-order valence-electron chi connectivity index (χ1n) is 5.45. The van der Waals surface area contributed by atoms with Gasteiger partial charge in [0, 0.05) is 10.9 Å². The Morgan fingerprint density at radius 1 is 1.41 bits per heavy atom. The zero-order valence-corrected chi connectivity index (χ0v) is 10.7. The van der Waals surface area contributed by atoms with E-state index in [1.165, 1.54) is 6.33 Å². The molecule has 0 unspecified atom stereocenters. The van der Waals surface area contributed by atoms with Crippen molar-refractivity contribution < 1.29 is 0 Å². The molecule has 5 nitrogen and oxygen atoms in total. The molecule has 0 aliphatic heterocycles. The summed E-state index contributed by atoms with van der Waals surface area (Å²) in [5.74, 6) is 1.34. The second-order valence-corrected chi connectivity index (χ2v) is 4.71. The third-order valence-electron chi connectivity index (χ3n) is 2.44. The van der Waals surface area contributed by atoms with Crippen LogP contribution in [0.1, 0.15) is 23.2 Å². The van der Waals surface area contributed by atoms with Crippen molar-refractivity contribution >= 4 is 23.0 Å². The smallest absolute Gasteiger partial charge is 0.135 e. The maximum Gasteiger partial charge on any atom is 0.135 e. The lowest BCUT2D eigenvalue weighted by molar-refractivity contribution is 0.994. The molecule has 0 aromatic carbocycles. The lowest BCUT2D eigenvalue weighted by atomic mass is 10.2. The van der Waals surface area contributed by atoms with Gasteiger partial charge in [-0.1, -0.05) is 6.92 Å². The van der Waals surface area contributed by atoms with Gasteiger partial charge in [0.2, 0.25) is 0 Å². The summed E-state index contributed by atoms with van der Waals surface area (Å²) in [6, 6.07) is 0. The third kappa shape index (κ3) is 2.71. The normalized spacial score (nSPS) is 10.5. The number of anilines is 2. The van der Waals surface area contributed by atoms with E-state index in [4.69, 9.17) is 5.73 Å². The van der Waals surface area contributed by atoms with Gasteiger partial charge in [0.1, 0.15) is 18.0 Å². The molecule has 2 aromatic heterocycles. The largest absolute Gasteiger partial charge is 0.383 e. The number of nitrogens with two attached hydrogens (primary N) is 1. The highest BCUT2D eigenvalue weighted by Gasteiger charge is 2.07. The Balaban J connectivity index is 2.11. The van der Waals surface area contributed by atoms with E-state index < -0.39 is 0 Å². The highest BCUT2D eigenvalue weighted by atomic mass is 32.1. The van der Waals surface area contributed by atoms with E-state index in [-0.39, 0.29) is 0 Å². The fourth-order valence-corrected chi connectivity index (χ4v) is 2.20. The number of nitrogens with zero attached hydrogens (tertiary/aromatic N) is 3. The number of thiazole rings is 1. The van der Waals surface area contributed by atoms with Crippen LogP contribution in [0.4, 0.5) is 11.6 Å². The molecular weight excluding hydrogens is 234 g/mol. The zero-order chi connectivity index (χ0) is 12.3. The van der Waals surface area contributed by atoms with Crippen LogP contribution in [0.5, 0.6) is 0 Å². The monoisotopic (exact) mass is 249 g/mol. The minimum absolute atomic E-state index is 0.541. The van der Waals surface area contributed by atoms with Crippen molar-refractivity contribution in [2.24, 2.45) is 0 Å². The van der Waals surface area contributed by atoms with Crippen LogP contribution < -0.4 is 11.1 Å². The maximum atomic E-state index is 5.80. The number of aromatic nitrogens is 3. The molecule has 2 rings (SSSR count). The predicted molar refractivity (Wildman–Crippen MR) is 70.0 cm³/mol. The molecule has 0 aliphatic rings. The summed E-state index contributed by atoms with van der Waals surface area (Å²) in [5.41, 5.74) is 7.78. The minimum Gasteiger partial charge on any atom is -0.383 e. The first-order chi connectivity index (χ1) is 8.20. The van der Waals surface area contributed by atoms with Gasteiger partial charge in [0.15, 0.2) is 0 Å². The Hall–Kier alpha value is -1.69. The molecule has 0 amide bonds. The van der Waals surface area contributed by atoms with Crippen LogP contribution in [0.2, 0.25) is 0 Å². The zero-order valence-electron chi connectivity index (χ0n) is 9.90. The molecule has 90 valence electrons. The van der Waals surface area contributed by atoms with E-state index in [9.17, 15) is 0 Å². The summed E-state index contributed by atoms with van der Waals surface area (Å²) >= 11 is 1.64. The average molecular weight is 249 g/mol. The Kier molecular flexibility index (Phi) is 3.53. The molecule has 3 N–H and O–H groups in total. The first kappa shape index (κ1) is 11.8. The van der Waals surface area contributed by atoms with Gasteiger partial charge in [-0.25, -0.2) is 15.0 Å². The number of aryl methyl sites for hydroxylation is 1. The molecular formula is C11H15N5S. The SMILES string of the molecule is CCc1c(N)ncnc1NCc1csc(C)n1. The molecule has 0 fully saturated rings. The Morgan fingerprint density at radius 3 is 2.88 bits per heavy atom. The van der Waals surface area contributed by atoms with E-state index in [1.54, 1.807) is 11.3 Å². The standard InChI is InChI=1S/C11H15N5S/c1-3-9-10(12)14-6-15-11(9)13-4-8-5-17-7(2)16-8/h5-6H,3-4H2,1-2H3,(H3,12,13,14,15). The summed E-state index contributed by atoms with van der Waals surface area (Å²) in [6.45, 7) is 4.69. The number of hydrogen-bond acceptors (Lipinski definition) is 6. The summed E-state index contributed by atoms with van der Waals surface area (Å²) in [6.07, 6.45) is 2.29. The lowest BCUT2D eigenvalue weighted by Crippen LogP contribution is -2.08. The fourth-order valence-electron chi connectivity index (χ4n) is 1.59. The second kappa shape index (κ2) is 5.09. The van der Waals surface area contributed by atoms with Gasteiger partial charge in [-0.2, -0.15) is 0 Å². The van der Waals surface area contributed by atoms with Crippen molar-refractivity contribution in [1.82, 2.24) is 15.0 Å². The summed E-state index contributed by atoms with van der Waals surface area (Å²) < 4.78 is 0. The quantitative estimate of drug-likeness (QED) is 0.866. The second-order valence-electron chi connectivity index (χ2n) is 3.65. The van der Waals surface area contributed by atoms with Crippen molar-refractivity contribution in [2.75, 3.05) is 11.1 Å². The van der Waals surface area contributed by atoms with Crippen LogP contribution in [-0.4, -0.2) is 15.0 Å². The highest BCUT2D eigenvalue weighted by molar-refractivity contribution is 7.09. The average Bonchev–Trinajstić information content (AvgIpc) is 2.72. The van der Waals surface area contributed by atoms with E-state index in [0.717, 1.165) is 28.5 Å². The highest BCUT2D eigenvalue weighted by Crippen LogP contribution is 2.18. The Bertz CT molecular complexity index is 508. The number of nitrogens with one attached hydrogen (secondary N) is 1. The van der Waals surface area contributed by atoms with Gasteiger partial charge in [-0.3, -0.25) is 0 Å². The number of rotatable bonds is 4. The van der Waals surface area contributed by atoms with Gasteiger partial charge in [-0.05, 0) is 13.3 Å². The van der Waals surface area contributed by atoms with Crippen molar-refractivity contribution in [2.45, 2.75) is 26.8 Å². The third-order valence-corrected chi connectivity index (χ3v) is 3.26. The van der Waals surface area contributed by atoms with Crippen LogP contribution in [-0.2, 0) is 13.0 Å². The maximum absolute atomic E-state index is 5.80. The number of hydrogen-bond donors (Lipinski definition) is 2. The Morgan fingerprint density at radius 2 is 2.24 bits per heavy atom. The molecule has 0 radical (unpaired) electrons. The van der Waals surface area contributed by atoms with Crippen LogP contribution >= 0.6 is 11.3 Å². The van der Waals surface area contributed by atoms with Crippen LogP contribution in [0.15, 0.2) is 11.7 Å². The topological polar surface area (TPSA) is 76.7 Å². The molecule has 0 spiro atoms. The molecule has 0 saturated carbocycles. The number of nitrogen functional groups attached to an aromatic ring is 1. The van der Waals surface area contributed by atoms with Crippen molar-refractivity contribution in [3.05, 3.63) is 28.0 Å². The van der Waals surface area contributed by atoms with E-state index in [2.05, 4.69) is 20.3 Å². The van der Waals surface area contributed by atoms with Crippen LogP contribution in [0.25, 0.3) is 0 Å². The van der Waals surface area contributed by atoms with Crippen molar-refractivity contribution in [3.63, 3.8) is 0 Å². The molecule has 0 atom stereocenters. The minimum atomic E-state index is 0.541. The van der Waals surface area contributed by atoms with Crippen molar-refractivity contribution in [1.29, 1.82) is 0 Å². The van der Waals surface area contributed by atoms with E-state index in [0.29, 0.717) is 12.4 Å². The summed E-state index contributed by atoms with van der Waals surface area (Å²) in [5, 5.41) is 6.36.